The summed E-state index contributed by atoms with van der Waals surface area (Å²) < 4.78 is 39.2. The zero-order valence-electron chi connectivity index (χ0n) is 11.2. The molecule has 2 heterocycles. The summed E-state index contributed by atoms with van der Waals surface area (Å²) in [5.41, 5.74) is -2.09. The molecular weight excluding hydrogens is 291 g/mol. The van der Waals surface area contributed by atoms with Crippen molar-refractivity contribution in [2.24, 2.45) is 13.0 Å². The van der Waals surface area contributed by atoms with Crippen LogP contribution in [0.3, 0.4) is 0 Å². The van der Waals surface area contributed by atoms with Crippen molar-refractivity contribution in [3.8, 4) is 0 Å². The van der Waals surface area contributed by atoms with Crippen LogP contribution in [0.2, 0.25) is 0 Å². The number of carboxylic acid groups (broad SMARTS) is 1. The molecule has 1 saturated heterocycles. The van der Waals surface area contributed by atoms with Crippen LogP contribution in [0.15, 0.2) is 10.9 Å². The summed E-state index contributed by atoms with van der Waals surface area (Å²) in [6.07, 6.45) is -3.74. The van der Waals surface area contributed by atoms with Gasteiger partial charge in [-0.15, -0.1) is 0 Å². The van der Waals surface area contributed by atoms with Gasteiger partial charge in [0.2, 0.25) is 5.95 Å². The molecule has 116 valence electrons. The summed E-state index contributed by atoms with van der Waals surface area (Å²) in [6.45, 7) is 0.405. The Bertz CT molecular complexity index is 612. The van der Waals surface area contributed by atoms with E-state index in [1.54, 1.807) is 0 Å². The second-order valence-electron chi connectivity index (χ2n) is 4.96. The standard InChI is InChI=1S/C12H14F3N3O3/c1-17-9(19)5-8(12(13,14)15)16-11(17)18-4-2-3-7(6-18)10(20)21/h5,7H,2-4,6H2,1H3,(H,20,21)/t7-/m1/s1. The summed E-state index contributed by atoms with van der Waals surface area (Å²) in [7, 11) is 1.31. The van der Waals surface area contributed by atoms with Crippen molar-refractivity contribution in [3.05, 3.63) is 22.1 Å². The first-order chi connectivity index (χ1) is 9.70. The van der Waals surface area contributed by atoms with Crippen LogP contribution in [0.1, 0.15) is 18.5 Å². The number of aliphatic carboxylic acids is 1. The normalized spacial score (nSPS) is 19.6. The number of carboxylic acids is 1. The molecule has 0 bridgehead atoms. The molecule has 0 aliphatic carbocycles. The van der Waals surface area contributed by atoms with Crippen molar-refractivity contribution >= 4 is 11.9 Å². The predicted octanol–water partition coefficient (Wildman–Crippen LogP) is 1.10. The van der Waals surface area contributed by atoms with Gasteiger partial charge in [-0.05, 0) is 12.8 Å². The maximum atomic E-state index is 12.7. The maximum Gasteiger partial charge on any atom is 0.433 e. The van der Waals surface area contributed by atoms with Gasteiger partial charge in [-0.2, -0.15) is 13.2 Å². The lowest BCUT2D eigenvalue weighted by molar-refractivity contribution is -0.142. The molecule has 1 aromatic heterocycles. The van der Waals surface area contributed by atoms with Gasteiger partial charge in [0.1, 0.15) is 0 Å². The Morgan fingerprint density at radius 1 is 1.48 bits per heavy atom. The number of hydrogen-bond acceptors (Lipinski definition) is 4. The summed E-state index contributed by atoms with van der Waals surface area (Å²) in [5.74, 6) is -1.83. The number of carbonyl (C=O) groups is 1. The molecule has 1 aliphatic heterocycles. The third kappa shape index (κ3) is 3.17. The smallest absolute Gasteiger partial charge is 0.433 e. The minimum absolute atomic E-state index is 0.0386. The highest BCUT2D eigenvalue weighted by molar-refractivity contribution is 5.71. The van der Waals surface area contributed by atoms with E-state index in [4.69, 9.17) is 5.11 Å². The maximum absolute atomic E-state index is 12.7. The van der Waals surface area contributed by atoms with E-state index < -0.39 is 29.3 Å². The number of anilines is 1. The third-order valence-electron chi connectivity index (χ3n) is 3.46. The number of alkyl halides is 3. The lowest BCUT2D eigenvalue weighted by Crippen LogP contribution is -2.42. The first-order valence-electron chi connectivity index (χ1n) is 6.33. The molecule has 0 unspecified atom stereocenters. The highest BCUT2D eigenvalue weighted by Crippen LogP contribution is 2.28. The molecule has 1 N–H and O–H groups in total. The second kappa shape index (κ2) is 5.38. The molecule has 0 amide bonds. The Labute approximate surface area is 117 Å². The Morgan fingerprint density at radius 3 is 2.71 bits per heavy atom. The van der Waals surface area contributed by atoms with Gasteiger partial charge in [-0.3, -0.25) is 14.2 Å². The first-order valence-corrected chi connectivity index (χ1v) is 6.33. The van der Waals surface area contributed by atoms with Crippen molar-refractivity contribution in [1.82, 2.24) is 9.55 Å². The van der Waals surface area contributed by atoms with E-state index in [2.05, 4.69) is 4.98 Å². The monoisotopic (exact) mass is 305 g/mol. The molecule has 1 atom stereocenters. The van der Waals surface area contributed by atoms with Gasteiger partial charge >= 0.3 is 12.1 Å². The minimum atomic E-state index is -4.72. The summed E-state index contributed by atoms with van der Waals surface area (Å²) in [6, 6.07) is 0.433. The summed E-state index contributed by atoms with van der Waals surface area (Å²) >= 11 is 0. The molecule has 0 saturated carbocycles. The van der Waals surface area contributed by atoms with Crippen molar-refractivity contribution in [1.29, 1.82) is 0 Å². The predicted molar refractivity (Wildman–Crippen MR) is 67.1 cm³/mol. The fourth-order valence-electron chi connectivity index (χ4n) is 2.32. The van der Waals surface area contributed by atoms with E-state index in [0.29, 0.717) is 25.5 Å². The van der Waals surface area contributed by atoms with Crippen molar-refractivity contribution in [2.45, 2.75) is 19.0 Å². The van der Waals surface area contributed by atoms with Gasteiger partial charge in [-0.25, -0.2) is 4.98 Å². The molecule has 1 fully saturated rings. The summed E-state index contributed by atoms with van der Waals surface area (Å²) in [4.78, 5) is 27.6. The SMILES string of the molecule is Cn1c(N2CCC[C@@H](C(=O)O)C2)nc(C(F)(F)F)cc1=O. The number of hydrogen-bond donors (Lipinski definition) is 1. The lowest BCUT2D eigenvalue weighted by Gasteiger charge is -2.32. The molecule has 0 radical (unpaired) electrons. The van der Waals surface area contributed by atoms with Gasteiger partial charge in [0.15, 0.2) is 5.69 Å². The average Bonchev–Trinajstić information content (AvgIpc) is 2.40. The second-order valence-corrected chi connectivity index (χ2v) is 4.96. The minimum Gasteiger partial charge on any atom is -0.481 e. The zero-order valence-corrected chi connectivity index (χ0v) is 11.2. The van der Waals surface area contributed by atoms with Crippen LogP contribution in [0.4, 0.5) is 19.1 Å². The molecule has 0 aromatic carbocycles. The topological polar surface area (TPSA) is 75.4 Å². The molecule has 9 heteroatoms. The molecular formula is C12H14F3N3O3. The van der Waals surface area contributed by atoms with Crippen molar-refractivity contribution in [2.75, 3.05) is 18.0 Å². The van der Waals surface area contributed by atoms with Crippen molar-refractivity contribution < 1.29 is 23.1 Å². The number of rotatable bonds is 2. The molecule has 0 spiro atoms. The summed E-state index contributed by atoms with van der Waals surface area (Å²) in [5, 5.41) is 9.02. The van der Waals surface area contributed by atoms with E-state index in [1.165, 1.54) is 11.9 Å². The Hall–Kier alpha value is -2.06. The number of nitrogens with zero attached hydrogens (tertiary/aromatic N) is 3. The third-order valence-corrected chi connectivity index (χ3v) is 3.46. The van der Waals surface area contributed by atoms with Crippen molar-refractivity contribution in [3.63, 3.8) is 0 Å². The van der Waals surface area contributed by atoms with Crippen LogP contribution in [-0.2, 0) is 18.0 Å². The van der Waals surface area contributed by atoms with Crippen LogP contribution < -0.4 is 10.5 Å². The Balaban J connectivity index is 2.41. The van der Waals surface area contributed by atoms with E-state index >= 15 is 0 Å². The molecule has 21 heavy (non-hydrogen) atoms. The fraction of sp³-hybridized carbons (Fsp3) is 0.583. The Morgan fingerprint density at radius 2 is 2.14 bits per heavy atom. The Kier molecular flexibility index (Phi) is 3.93. The van der Waals surface area contributed by atoms with Crippen LogP contribution in [-0.4, -0.2) is 33.7 Å². The van der Waals surface area contributed by atoms with Crippen LogP contribution in [0.5, 0.6) is 0 Å². The quantitative estimate of drug-likeness (QED) is 0.885. The molecule has 1 aromatic rings. The highest BCUT2D eigenvalue weighted by Gasteiger charge is 2.35. The van der Waals surface area contributed by atoms with E-state index in [0.717, 1.165) is 4.57 Å². The van der Waals surface area contributed by atoms with Crippen LogP contribution >= 0.6 is 0 Å². The van der Waals surface area contributed by atoms with Gasteiger partial charge in [0, 0.05) is 26.2 Å². The van der Waals surface area contributed by atoms with E-state index in [1.807, 2.05) is 0 Å². The first kappa shape index (κ1) is 15.3. The van der Waals surface area contributed by atoms with Crippen LogP contribution in [0.25, 0.3) is 0 Å². The van der Waals surface area contributed by atoms with E-state index in [9.17, 15) is 22.8 Å². The van der Waals surface area contributed by atoms with Gasteiger partial charge < -0.3 is 10.0 Å². The number of aromatic nitrogens is 2. The van der Waals surface area contributed by atoms with Gasteiger partial charge in [0.05, 0.1) is 5.92 Å². The average molecular weight is 305 g/mol. The number of piperidine rings is 1. The van der Waals surface area contributed by atoms with Gasteiger partial charge in [0.25, 0.3) is 5.56 Å². The van der Waals surface area contributed by atoms with Gasteiger partial charge in [-0.1, -0.05) is 0 Å². The highest BCUT2D eigenvalue weighted by atomic mass is 19.4. The molecule has 1 aliphatic rings. The molecule has 6 nitrogen and oxygen atoms in total. The fourth-order valence-corrected chi connectivity index (χ4v) is 2.32. The van der Waals surface area contributed by atoms with Crippen LogP contribution in [0, 0.1) is 5.92 Å². The number of halogens is 3. The largest absolute Gasteiger partial charge is 0.481 e. The lowest BCUT2D eigenvalue weighted by atomic mass is 9.99. The zero-order chi connectivity index (χ0) is 15.8. The van der Waals surface area contributed by atoms with E-state index in [-0.39, 0.29) is 12.5 Å². The molecule has 2 rings (SSSR count).